The number of pyridine rings is 1. The van der Waals surface area contributed by atoms with Crippen molar-refractivity contribution in [2.24, 2.45) is 7.05 Å². The number of nitrogens with one attached hydrogen (secondary N) is 2. The summed E-state index contributed by atoms with van der Waals surface area (Å²) in [5, 5.41) is 26.2. The topological polar surface area (TPSA) is 96.2 Å². The average Bonchev–Trinajstić information content (AvgIpc) is 3.08. The second kappa shape index (κ2) is 6.57. The maximum atomic E-state index is 8.39. The van der Waals surface area contributed by atoms with Gasteiger partial charge < -0.3 is 0 Å². The highest BCUT2D eigenvalue weighted by molar-refractivity contribution is 8.13. The molecule has 8 heteroatoms. The van der Waals surface area contributed by atoms with Gasteiger partial charge in [0.25, 0.3) is 0 Å². The number of benzene rings is 1. The average molecular weight is 361 g/mol. The van der Waals surface area contributed by atoms with Crippen molar-refractivity contribution in [1.82, 2.24) is 24.5 Å². The molecule has 0 aliphatic heterocycles. The molecule has 4 rings (SSSR count). The second-order valence-electron chi connectivity index (χ2n) is 5.68. The van der Waals surface area contributed by atoms with Gasteiger partial charge in [0.05, 0.1) is 17.4 Å². The number of aromatic nitrogens is 5. The van der Waals surface area contributed by atoms with Crippen molar-refractivity contribution in [1.29, 1.82) is 10.8 Å². The molecule has 7 nitrogen and oxygen atoms in total. The molecule has 3 aromatic heterocycles. The molecule has 0 bridgehead atoms. The lowest BCUT2D eigenvalue weighted by atomic mass is 10.2. The third kappa shape index (κ3) is 3.14. The molecule has 128 valence electrons. The normalized spacial score (nSPS) is 11.0. The van der Waals surface area contributed by atoms with Crippen LogP contribution in [-0.4, -0.2) is 29.7 Å². The van der Waals surface area contributed by atoms with E-state index in [4.69, 9.17) is 10.8 Å². The zero-order valence-corrected chi connectivity index (χ0v) is 14.7. The first-order chi connectivity index (χ1) is 12.6. The van der Waals surface area contributed by atoms with Crippen LogP contribution >= 0.6 is 11.8 Å². The SMILES string of the molecule is Cn1cc(-c2ccc(=N)n(C(=N)Sc3ccc4ncccc4c3)n2)cn1. The minimum absolute atomic E-state index is 0.151. The van der Waals surface area contributed by atoms with Gasteiger partial charge in [0.15, 0.2) is 5.17 Å². The monoisotopic (exact) mass is 361 g/mol. The minimum Gasteiger partial charge on any atom is -0.283 e. The molecule has 0 atom stereocenters. The Balaban J connectivity index is 1.65. The molecule has 0 unspecified atom stereocenters. The van der Waals surface area contributed by atoms with Crippen LogP contribution in [0.25, 0.3) is 22.2 Å². The molecule has 0 spiro atoms. The van der Waals surface area contributed by atoms with E-state index in [-0.39, 0.29) is 10.7 Å². The second-order valence-corrected chi connectivity index (χ2v) is 6.75. The fourth-order valence-corrected chi connectivity index (χ4v) is 3.33. The molecule has 1 aromatic carbocycles. The summed E-state index contributed by atoms with van der Waals surface area (Å²) < 4.78 is 3.01. The predicted octanol–water partition coefficient (Wildman–Crippen LogP) is 2.89. The highest BCUT2D eigenvalue weighted by Gasteiger charge is 2.09. The van der Waals surface area contributed by atoms with E-state index in [0.29, 0.717) is 5.69 Å². The Kier molecular flexibility index (Phi) is 4.10. The molecule has 0 aliphatic carbocycles. The number of fused-ring (bicyclic) bond motifs is 1. The lowest BCUT2D eigenvalue weighted by molar-refractivity contribution is 0.767. The summed E-state index contributed by atoms with van der Waals surface area (Å²) in [7, 11) is 1.84. The van der Waals surface area contributed by atoms with Crippen LogP contribution in [0.15, 0.2) is 66.0 Å². The Morgan fingerprint density at radius 3 is 2.85 bits per heavy atom. The number of thioether (sulfide) groups is 1. The number of rotatable bonds is 2. The summed E-state index contributed by atoms with van der Waals surface area (Å²) in [5.74, 6) is 0. The highest BCUT2D eigenvalue weighted by Crippen LogP contribution is 2.23. The van der Waals surface area contributed by atoms with E-state index in [9.17, 15) is 0 Å². The zero-order chi connectivity index (χ0) is 18.1. The quantitative estimate of drug-likeness (QED) is 0.326. The molecule has 26 heavy (non-hydrogen) atoms. The maximum absolute atomic E-state index is 8.39. The van der Waals surface area contributed by atoms with Gasteiger partial charge in [-0.1, -0.05) is 17.8 Å². The van der Waals surface area contributed by atoms with Crippen molar-refractivity contribution < 1.29 is 0 Å². The maximum Gasteiger partial charge on any atom is 0.188 e. The Hall–Kier alpha value is -3.26. The summed E-state index contributed by atoms with van der Waals surface area (Å²) in [5.41, 5.74) is 2.57. The molecule has 4 aromatic rings. The Bertz CT molecular complexity index is 1180. The van der Waals surface area contributed by atoms with Crippen LogP contribution in [0.1, 0.15) is 0 Å². The molecular weight excluding hydrogens is 346 g/mol. The molecule has 0 fully saturated rings. The number of aryl methyl sites for hydroxylation is 1. The molecule has 0 saturated carbocycles. The molecule has 3 heterocycles. The standard InChI is InChI=1S/C18H15N7S/c1-24-11-13(10-22-24)16-6-7-17(19)25(23-16)18(20)26-14-4-5-15-12(9-14)3-2-8-21-15/h2-11,19-20H,1H3. The zero-order valence-electron chi connectivity index (χ0n) is 13.9. The van der Waals surface area contributed by atoms with Gasteiger partial charge in [-0.15, -0.1) is 0 Å². The van der Waals surface area contributed by atoms with Crippen LogP contribution in [0.5, 0.6) is 0 Å². The van der Waals surface area contributed by atoms with Gasteiger partial charge in [-0.05, 0) is 36.4 Å². The van der Waals surface area contributed by atoms with Crippen molar-refractivity contribution >= 4 is 27.8 Å². The van der Waals surface area contributed by atoms with Crippen LogP contribution < -0.4 is 5.49 Å². The van der Waals surface area contributed by atoms with Gasteiger partial charge in [0, 0.05) is 35.3 Å². The Labute approximate surface area is 153 Å². The van der Waals surface area contributed by atoms with Gasteiger partial charge in [-0.2, -0.15) is 14.9 Å². The van der Waals surface area contributed by atoms with Crippen LogP contribution in [0.2, 0.25) is 0 Å². The summed E-state index contributed by atoms with van der Waals surface area (Å²) in [6, 6.07) is 13.1. The van der Waals surface area contributed by atoms with E-state index in [0.717, 1.165) is 21.4 Å². The smallest absolute Gasteiger partial charge is 0.188 e. The highest BCUT2D eigenvalue weighted by atomic mass is 32.2. The van der Waals surface area contributed by atoms with Crippen molar-refractivity contribution in [3.8, 4) is 11.3 Å². The van der Waals surface area contributed by atoms with E-state index in [1.54, 1.807) is 29.2 Å². The van der Waals surface area contributed by atoms with Gasteiger partial charge >= 0.3 is 0 Å². The van der Waals surface area contributed by atoms with E-state index in [2.05, 4.69) is 15.2 Å². The first kappa shape index (κ1) is 16.2. The van der Waals surface area contributed by atoms with Gasteiger partial charge in [0.1, 0.15) is 5.49 Å². The number of nitrogens with zero attached hydrogens (tertiary/aromatic N) is 5. The molecule has 2 N–H and O–H groups in total. The first-order valence-electron chi connectivity index (χ1n) is 7.86. The van der Waals surface area contributed by atoms with Crippen molar-refractivity contribution in [2.75, 3.05) is 0 Å². The van der Waals surface area contributed by atoms with Gasteiger partial charge in [-0.25, -0.2) is 0 Å². The summed E-state index contributed by atoms with van der Waals surface area (Å²) >= 11 is 1.25. The largest absolute Gasteiger partial charge is 0.283 e. The summed E-state index contributed by atoms with van der Waals surface area (Å²) in [6.45, 7) is 0. The molecule has 0 amide bonds. The molecule has 0 aliphatic rings. The number of hydrogen-bond donors (Lipinski definition) is 2. The lowest BCUT2D eigenvalue weighted by Crippen LogP contribution is -2.27. The van der Waals surface area contributed by atoms with E-state index in [1.165, 1.54) is 16.4 Å². The molecule has 0 radical (unpaired) electrons. The van der Waals surface area contributed by atoms with E-state index >= 15 is 0 Å². The van der Waals surface area contributed by atoms with Crippen LogP contribution in [0, 0.1) is 10.8 Å². The van der Waals surface area contributed by atoms with Crippen molar-refractivity contribution in [2.45, 2.75) is 4.90 Å². The third-order valence-corrected chi connectivity index (χ3v) is 4.67. The predicted molar refractivity (Wildman–Crippen MR) is 101 cm³/mol. The number of hydrogen-bond acceptors (Lipinski definition) is 6. The van der Waals surface area contributed by atoms with Crippen LogP contribution in [0.4, 0.5) is 0 Å². The third-order valence-electron chi connectivity index (χ3n) is 3.82. The Morgan fingerprint density at radius 1 is 1.15 bits per heavy atom. The van der Waals surface area contributed by atoms with Crippen molar-refractivity contribution in [3.63, 3.8) is 0 Å². The summed E-state index contributed by atoms with van der Waals surface area (Å²) in [6.07, 6.45) is 5.32. The fourth-order valence-electron chi connectivity index (χ4n) is 2.56. The van der Waals surface area contributed by atoms with Crippen LogP contribution in [-0.2, 0) is 7.05 Å². The fraction of sp³-hybridized carbons (Fsp3) is 0.0556. The Morgan fingerprint density at radius 2 is 2.04 bits per heavy atom. The first-order valence-corrected chi connectivity index (χ1v) is 8.67. The van der Waals surface area contributed by atoms with E-state index < -0.39 is 0 Å². The molecule has 0 saturated heterocycles. The van der Waals surface area contributed by atoms with Crippen LogP contribution in [0.3, 0.4) is 0 Å². The van der Waals surface area contributed by atoms with Crippen molar-refractivity contribution in [3.05, 3.63) is 66.5 Å². The summed E-state index contributed by atoms with van der Waals surface area (Å²) in [4.78, 5) is 5.20. The van der Waals surface area contributed by atoms with Gasteiger partial charge in [0.2, 0.25) is 0 Å². The van der Waals surface area contributed by atoms with Gasteiger partial charge in [-0.3, -0.25) is 20.5 Å². The molecular formula is C18H15N7S. The lowest BCUT2D eigenvalue weighted by Gasteiger charge is -2.09. The van der Waals surface area contributed by atoms with E-state index in [1.807, 2.05) is 43.6 Å². The minimum atomic E-state index is 0.151.